The Hall–Kier alpha value is -2.88. The van der Waals surface area contributed by atoms with E-state index in [1.807, 2.05) is 18.2 Å². The van der Waals surface area contributed by atoms with Crippen LogP contribution in [0.1, 0.15) is 22.8 Å². The molecular formula is C18H16N2O2. The molecule has 2 aromatic carbocycles. The number of carbonyl (C=O) groups is 1. The quantitative estimate of drug-likeness (QED) is 0.755. The number of aryl methyl sites for hydroxylation is 1. The van der Waals surface area contributed by atoms with Crippen molar-refractivity contribution in [2.45, 2.75) is 13.3 Å². The summed E-state index contributed by atoms with van der Waals surface area (Å²) in [6, 6.07) is 14.9. The summed E-state index contributed by atoms with van der Waals surface area (Å²) in [6.07, 6.45) is 2.70. The summed E-state index contributed by atoms with van der Waals surface area (Å²) in [5.74, 6) is -0.934. The normalized spacial score (nSPS) is 10.6. The summed E-state index contributed by atoms with van der Waals surface area (Å²) >= 11 is 0. The third-order valence-corrected chi connectivity index (χ3v) is 3.60. The molecule has 0 aliphatic heterocycles. The second kappa shape index (κ2) is 5.85. The van der Waals surface area contributed by atoms with Crippen LogP contribution in [0.5, 0.6) is 0 Å². The molecule has 0 bridgehead atoms. The number of carboxylic acids is 1. The van der Waals surface area contributed by atoms with Gasteiger partial charge in [0.25, 0.3) is 0 Å². The van der Waals surface area contributed by atoms with E-state index in [1.54, 1.807) is 24.4 Å². The molecule has 22 heavy (non-hydrogen) atoms. The molecule has 110 valence electrons. The minimum atomic E-state index is -0.934. The molecule has 3 rings (SSSR count). The molecule has 0 spiro atoms. The SMILES string of the molecule is CCc1ccc2nccc(Nc3cccc(C(=O)O)c3)c2c1. The van der Waals surface area contributed by atoms with Crippen LogP contribution in [0.3, 0.4) is 0 Å². The standard InChI is InChI=1S/C18H16N2O2/c1-2-12-6-7-16-15(10-12)17(8-9-19-16)20-14-5-3-4-13(11-14)18(21)22/h3-11H,2H2,1H3,(H,19,20)(H,21,22). The number of hydrogen-bond donors (Lipinski definition) is 2. The lowest BCUT2D eigenvalue weighted by Gasteiger charge is -2.11. The van der Waals surface area contributed by atoms with Crippen molar-refractivity contribution >= 4 is 28.2 Å². The van der Waals surface area contributed by atoms with E-state index in [1.165, 1.54) is 5.56 Å². The zero-order valence-electron chi connectivity index (χ0n) is 12.2. The summed E-state index contributed by atoms with van der Waals surface area (Å²) in [7, 11) is 0. The summed E-state index contributed by atoms with van der Waals surface area (Å²) in [4.78, 5) is 15.4. The van der Waals surface area contributed by atoms with E-state index in [-0.39, 0.29) is 5.56 Å². The Morgan fingerprint density at radius 1 is 1.18 bits per heavy atom. The molecule has 1 heterocycles. The van der Waals surface area contributed by atoms with Crippen LogP contribution in [-0.4, -0.2) is 16.1 Å². The lowest BCUT2D eigenvalue weighted by molar-refractivity contribution is 0.0697. The Morgan fingerprint density at radius 3 is 2.82 bits per heavy atom. The van der Waals surface area contributed by atoms with E-state index in [4.69, 9.17) is 5.11 Å². The van der Waals surface area contributed by atoms with Crippen LogP contribution in [0.4, 0.5) is 11.4 Å². The van der Waals surface area contributed by atoms with Gasteiger partial charge in [0, 0.05) is 23.0 Å². The fourth-order valence-electron chi connectivity index (χ4n) is 2.41. The number of carboxylic acid groups (broad SMARTS) is 1. The Kier molecular flexibility index (Phi) is 3.74. The molecule has 0 unspecified atom stereocenters. The van der Waals surface area contributed by atoms with Gasteiger partial charge < -0.3 is 10.4 Å². The average molecular weight is 292 g/mol. The first-order valence-electron chi connectivity index (χ1n) is 7.15. The lowest BCUT2D eigenvalue weighted by Crippen LogP contribution is -1.98. The van der Waals surface area contributed by atoms with Gasteiger partial charge in [0.2, 0.25) is 0 Å². The molecule has 1 aromatic heterocycles. The van der Waals surface area contributed by atoms with Gasteiger partial charge in [-0.05, 0) is 48.4 Å². The second-order valence-electron chi connectivity index (χ2n) is 5.07. The number of pyridine rings is 1. The molecule has 0 atom stereocenters. The van der Waals surface area contributed by atoms with Crippen LogP contribution >= 0.6 is 0 Å². The van der Waals surface area contributed by atoms with Gasteiger partial charge in [0.05, 0.1) is 11.1 Å². The van der Waals surface area contributed by atoms with Gasteiger partial charge in [0.1, 0.15) is 0 Å². The van der Waals surface area contributed by atoms with E-state index in [0.717, 1.165) is 28.7 Å². The molecule has 0 saturated heterocycles. The van der Waals surface area contributed by atoms with Crippen LogP contribution in [-0.2, 0) is 6.42 Å². The zero-order valence-corrected chi connectivity index (χ0v) is 12.2. The zero-order chi connectivity index (χ0) is 15.5. The summed E-state index contributed by atoms with van der Waals surface area (Å²) in [5, 5.41) is 13.4. The molecule has 2 N–H and O–H groups in total. The van der Waals surface area contributed by atoms with Crippen LogP contribution in [0.2, 0.25) is 0 Å². The summed E-state index contributed by atoms with van der Waals surface area (Å²) in [6.45, 7) is 2.11. The average Bonchev–Trinajstić information content (AvgIpc) is 2.55. The number of hydrogen-bond acceptors (Lipinski definition) is 3. The number of aromatic carboxylic acids is 1. The third kappa shape index (κ3) is 2.76. The Bertz CT molecular complexity index is 843. The molecule has 0 saturated carbocycles. The molecular weight excluding hydrogens is 276 g/mol. The topological polar surface area (TPSA) is 62.2 Å². The first kappa shape index (κ1) is 14.1. The van der Waals surface area contributed by atoms with Gasteiger partial charge in [-0.15, -0.1) is 0 Å². The highest BCUT2D eigenvalue weighted by atomic mass is 16.4. The van der Waals surface area contributed by atoms with E-state index in [0.29, 0.717) is 0 Å². The van der Waals surface area contributed by atoms with Gasteiger partial charge >= 0.3 is 5.97 Å². The van der Waals surface area contributed by atoms with Crippen molar-refractivity contribution in [2.24, 2.45) is 0 Å². The van der Waals surface area contributed by atoms with E-state index >= 15 is 0 Å². The van der Waals surface area contributed by atoms with Crippen LogP contribution in [0.15, 0.2) is 54.7 Å². The minimum absolute atomic E-state index is 0.262. The highest BCUT2D eigenvalue weighted by Crippen LogP contribution is 2.26. The lowest BCUT2D eigenvalue weighted by atomic mass is 10.1. The van der Waals surface area contributed by atoms with Crippen molar-refractivity contribution in [1.82, 2.24) is 4.98 Å². The van der Waals surface area contributed by atoms with Crippen LogP contribution in [0, 0.1) is 0 Å². The van der Waals surface area contributed by atoms with Crippen molar-refractivity contribution in [3.8, 4) is 0 Å². The fraction of sp³-hybridized carbons (Fsp3) is 0.111. The highest BCUT2D eigenvalue weighted by molar-refractivity contribution is 5.94. The van der Waals surface area contributed by atoms with Gasteiger partial charge in [-0.3, -0.25) is 4.98 Å². The number of fused-ring (bicyclic) bond motifs is 1. The maximum absolute atomic E-state index is 11.1. The Labute approximate surface area is 128 Å². The molecule has 3 aromatic rings. The first-order chi connectivity index (χ1) is 10.7. The number of nitrogens with one attached hydrogen (secondary N) is 1. The van der Waals surface area contributed by atoms with E-state index in [9.17, 15) is 4.79 Å². The van der Waals surface area contributed by atoms with Crippen molar-refractivity contribution < 1.29 is 9.90 Å². The minimum Gasteiger partial charge on any atom is -0.478 e. The predicted octanol–water partition coefficient (Wildman–Crippen LogP) is 4.24. The monoisotopic (exact) mass is 292 g/mol. The Balaban J connectivity index is 2.03. The van der Waals surface area contributed by atoms with Crippen molar-refractivity contribution in [1.29, 1.82) is 0 Å². The third-order valence-electron chi connectivity index (χ3n) is 3.60. The van der Waals surface area contributed by atoms with Gasteiger partial charge in [0.15, 0.2) is 0 Å². The number of rotatable bonds is 4. The van der Waals surface area contributed by atoms with E-state index < -0.39 is 5.97 Å². The maximum atomic E-state index is 11.1. The maximum Gasteiger partial charge on any atom is 0.335 e. The molecule has 0 fully saturated rings. The largest absolute Gasteiger partial charge is 0.478 e. The molecule has 0 aliphatic carbocycles. The molecule has 0 amide bonds. The molecule has 4 nitrogen and oxygen atoms in total. The Morgan fingerprint density at radius 2 is 2.05 bits per heavy atom. The van der Waals surface area contributed by atoms with Crippen molar-refractivity contribution in [3.05, 3.63) is 65.9 Å². The van der Waals surface area contributed by atoms with Gasteiger partial charge in [-0.25, -0.2) is 4.79 Å². The molecule has 0 radical (unpaired) electrons. The van der Waals surface area contributed by atoms with Gasteiger partial charge in [-0.2, -0.15) is 0 Å². The fourth-order valence-corrected chi connectivity index (χ4v) is 2.41. The molecule has 4 heteroatoms. The number of nitrogens with zero attached hydrogens (tertiary/aromatic N) is 1. The van der Waals surface area contributed by atoms with Crippen LogP contribution in [0.25, 0.3) is 10.9 Å². The smallest absolute Gasteiger partial charge is 0.335 e. The first-order valence-corrected chi connectivity index (χ1v) is 7.15. The second-order valence-corrected chi connectivity index (χ2v) is 5.07. The van der Waals surface area contributed by atoms with Gasteiger partial charge in [-0.1, -0.05) is 19.1 Å². The van der Waals surface area contributed by atoms with Crippen molar-refractivity contribution in [2.75, 3.05) is 5.32 Å². The highest BCUT2D eigenvalue weighted by Gasteiger charge is 2.06. The van der Waals surface area contributed by atoms with E-state index in [2.05, 4.69) is 29.4 Å². The van der Waals surface area contributed by atoms with Crippen molar-refractivity contribution in [3.63, 3.8) is 0 Å². The predicted molar refractivity (Wildman–Crippen MR) is 87.8 cm³/mol. The number of anilines is 2. The number of aromatic nitrogens is 1. The summed E-state index contributed by atoms with van der Waals surface area (Å²) < 4.78 is 0. The number of benzene rings is 2. The van der Waals surface area contributed by atoms with Crippen LogP contribution < -0.4 is 5.32 Å². The molecule has 0 aliphatic rings. The summed E-state index contributed by atoms with van der Waals surface area (Å²) in [5.41, 5.74) is 4.08.